The Morgan fingerprint density at radius 2 is 1.74 bits per heavy atom. The molecule has 0 radical (unpaired) electrons. The number of anilines is 1. The zero-order valence-corrected chi connectivity index (χ0v) is 15.3. The van der Waals surface area contributed by atoms with E-state index in [1.807, 2.05) is 60.4 Å². The molecule has 1 aliphatic rings. The Bertz CT molecular complexity index is 929. The first-order valence-corrected chi connectivity index (χ1v) is 9.12. The van der Waals surface area contributed by atoms with Crippen LogP contribution in [0.2, 0.25) is 0 Å². The van der Waals surface area contributed by atoms with Crippen LogP contribution in [-0.4, -0.2) is 53.6 Å². The maximum absolute atomic E-state index is 12.5. The average Bonchev–Trinajstić information content (AvgIpc) is 2.73. The van der Waals surface area contributed by atoms with E-state index in [9.17, 15) is 4.79 Å². The normalized spacial score (nSPS) is 14.4. The number of para-hydroxylation sites is 1. The molecule has 6 heteroatoms. The fourth-order valence-corrected chi connectivity index (χ4v) is 3.28. The minimum absolute atomic E-state index is 0.0165. The third kappa shape index (κ3) is 3.84. The zero-order valence-electron chi connectivity index (χ0n) is 15.3. The van der Waals surface area contributed by atoms with E-state index in [-0.39, 0.29) is 12.5 Å². The van der Waals surface area contributed by atoms with Gasteiger partial charge in [0.15, 0.2) is 6.61 Å². The molecule has 1 aliphatic heterocycles. The summed E-state index contributed by atoms with van der Waals surface area (Å²) in [5, 5.41) is 1.04. The van der Waals surface area contributed by atoms with E-state index in [0.717, 1.165) is 35.6 Å². The highest BCUT2D eigenvalue weighted by molar-refractivity contribution is 5.89. The quantitative estimate of drug-likeness (QED) is 0.714. The van der Waals surface area contributed by atoms with Crippen LogP contribution in [0, 0.1) is 6.92 Å². The Morgan fingerprint density at radius 1 is 1.00 bits per heavy atom. The van der Waals surface area contributed by atoms with E-state index in [1.54, 1.807) is 6.33 Å². The molecular formula is C21H22N4O2. The molecule has 2 heterocycles. The van der Waals surface area contributed by atoms with Crippen LogP contribution in [0.5, 0.6) is 5.75 Å². The first-order valence-electron chi connectivity index (χ1n) is 9.12. The van der Waals surface area contributed by atoms with Crippen LogP contribution in [0.1, 0.15) is 5.56 Å². The van der Waals surface area contributed by atoms with Crippen molar-refractivity contribution in [2.45, 2.75) is 6.92 Å². The van der Waals surface area contributed by atoms with Gasteiger partial charge in [-0.15, -0.1) is 0 Å². The second kappa shape index (κ2) is 7.61. The van der Waals surface area contributed by atoms with Crippen molar-refractivity contribution in [3.05, 3.63) is 60.4 Å². The number of nitrogens with zero attached hydrogens (tertiary/aromatic N) is 4. The summed E-state index contributed by atoms with van der Waals surface area (Å²) in [7, 11) is 0. The Labute approximate surface area is 158 Å². The van der Waals surface area contributed by atoms with E-state index < -0.39 is 0 Å². The number of aromatic nitrogens is 2. The van der Waals surface area contributed by atoms with Gasteiger partial charge >= 0.3 is 0 Å². The number of hydrogen-bond donors (Lipinski definition) is 0. The van der Waals surface area contributed by atoms with Crippen LogP contribution >= 0.6 is 0 Å². The number of amides is 1. The van der Waals surface area contributed by atoms with Crippen molar-refractivity contribution >= 4 is 22.6 Å². The Hall–Kier alpha value is -3.15. The molecule has 0 spiro atoms. The van der Waals surface area contributed by atoms with Crippen molar-refractivity contribution < 1.29 is 9.53 Å². The van der Waals surface area contributed by atoms with Crippen LogP contribution < -0.4 is 9.64 Å². The molecule has 0 unspecified atom stereocenters. The molecule has 1 fully saturated rings. The summed E-state index contributed by atoms with van der Waals surface area (Å²) in [6, 6.07) is 15.7. The van der Waals surface area contributed by atoms with E-state index in [0.29, 0.717) is 13.1 Å². The Morgan fingerprint density at radius 3 is 2.52 bits per heavy atom. The van der Waals surface area contributed by atoms with Crippen LogP contribution in [0.25, 0.3) is 10.9 Å². The van der Waals surface area contributed by atoms with E-state index >= 15 is 0 Å². The molecule has 0 aliphatic carbocycles. The topological polar surface area (TPSA) is 58.6 Å². The molecule has 1 saturated heterocycles. The minimum Gasteiger partial charge on any atom is -0.484 e. The second-order valence-corrected chi connectivity index (χ2v) is 6.68. The number of aryl methyl sites for hydroxylation is 1. The van der Waals surface area contributed by atoms with E-state index in [2.05, 4.69) is 14.9 Å². The van der Waals surface area contributed by atoms with Crippen molar-refractivity contribution in [1.82, 2.24) is 14.9 Å². The minimum atomic E-state index is 0.0165. The molecule has 0 N–H and O–H groups in total. The van der Waals surface area contributed by atoms with Crippen molar-refractivity contribution in [2.75, 3.05) is 37.7 Å². The molecule has 1 amide bonds. The third-order valence-corrected chi connectivity index (χ3v) is 4.84. The lowest BCUT2D eigenvalue weighted by Gasteiger charge is -2.35. The van der Waals surface area contributed by atoms with Crippen LogP contribution in [-0.2, 0) is 4.79 Å². The average molecular weight is 362 g/mol. The molecular weight excluding hydrogens is 340 g/mol. The fourth-order valence-electron chi connectivity index (χ4n) is 3.28. The first-order chi connectivity index (χ1) is 13.2. The van der Waals surface area contributed by atoms with Gasteiger partial charge in [0.1, 0.15) is 17.9 Å². The molecule has 0 saturated carbocycles. The number of fused-ring (bicyclic) bond motifs is 1. The number of carbonyl (C=O) groups is 1. The number of piperazine rings is 1. The predicted molar refractivity (Wildman–Crippen MR) is 105 cm³/mol. The maximum atomic E-state index is 12.5. The summed E-state index contributed by atoms with van der Waals surface area (Å²) in [6.07, 6.45) is 1.60. The molecule has 0 atom stereocenters. The monoisotopic (exact) mass is 362 g/mol. The lowest BCUT2D eigenvalue weighted by Crippen LogP contribution is -2.50. The summed E-state index contributed by atoms with van der Waals surface area (Å²) in [4.78, 5) is 25.3. The second-order valence-electron chi connectivity index (χ2n) is 6.68. The van der Waals surface area contributed by atoms with Gasteiger partial charge in [0.05, 0.1) is 5.52 Å². The summed E-state index contributed by atoms with van der Waals surface area (Å²) in [5.74, 6) is 1.67. The molecule has 138 valence electrons. The Balaban J connectivity index is 1.35. The number of rotatable bonds is 4. The number of carbonyl (C=O) groups excluding carboxylic acids is 1. The van der Waals surface area contributed by atoms with Crippen molar-refractivity contribution in [3.63, 3.8) is 0 Å². The number of ether oxygens (including phenoxy) is 1. The zero-order chi connectivity index (χ0) is 18.6. The molecule has 3 aromatic rings. The van der Waals surface area contributed by atoms with Crippen molar-refractivity contribution in [2.24, 2.45) is 0 Å². The summed E-state index contributed by atoms with van der Waals surface area (Å²) >= 11 is 0. The Kier molecular flexibility index (Phi) is 4.87. The highest BCUT2D eigenvalue weighted by Crippen LogP contribution is 2.23. The van der Waals surface area contributed by atoms with Gasteiger partial charge in [-0.25, -0.2) is 9.97 Å². The summed E-state index contributed by atoms with van der Waals surface area (Å²) in [5.41, 5.74) is 2.11. The molecule has 1 aromatic heterocycles. The molecule has 6 nitrogen and oxygen atoms in total. The van der Waals surface area contributed by atoms with Gasteiger partial charge in [-0.3, -0.25) is 4.79 Å². The van der Waals surface area contributed by atoms with Crippen molar-refractivity contribution in [3.8, 4) is 5.75 Å². The lowest BCUT2D eigenvalue weighted by molar-refractivity contribution is -0.133. The smallest absolute Gasteiger partial charge is 0.260 e. The summed E-state index contributed by atoms with van der Waals surface area (Å²) in [6.45, 7) is 4.91. The van der Waals surface area contributed by atoms with Gasteiger partial charge in [0.25, 0.3) is 5.91 Å². The van der Waals surface area contributed by atoms with Gasteiger partial charge in [-0.1, -0.05) is 29.8 Å². The molecule has 27 heavy (non-hydrogen) atoms. The lowest BCUT2D eigenvalue weighted by atomic mass is 10.2. The number of benzene rings is 2. The van der Waals surface area contributed by atoms with Crippen LogP contribution in [0.3, 0.4) is 0 Å². The van der Waals surface area contributed by atoms with Crippen LogP contribution in [0.15, 0.2) is 54.9 Å². The molecule has 2 aromatic carbocycles. The number of hydrogen-bond acceptors (Lipinski definition) is 5. The van der Waals surface area contributed by atoms with E-state index in [4.69, 9.17) is 4.74 Å². The first kappa shape index (κ1) is 17.3. The van der Waals surface area contributed by atoms with Gasteiger partial charge in [-0.05, 0) is 31.2 Å². The van der Waals surface area contributed by atoms with Gasteiger partial charge < -0.3 is 14.5 Å². The third-order valence-electron chi connectivity index (χ3n) is 4.84. The fraction of sp³-hybridized carbons (Fsp3) is 0.286. The molecule has 4 rings (SSSR count). The SMILES string of the molecule is Cc1ccc(OCC(=O)N2CCN(c3ncnc4ccccc34)CC2)cc1. The molecule has 0 bridgehead atoms. The van der Waals surface area contributed by atoms with Gasteiger partial charge in [-0.2, -0.15) is 0 Å². The van der Waals surface area contributed by atoms with Gasteiger partial charge in [0.2, 0.25) is 0 Å². The predicted octanol–water partition coefficient (Wildman–Crippen LogP) is 2.67. The highest BCUT2D eigenvalue weighted by atomic mass is 16.5. The van der Waals surface area contributed by atoms with Gasteiger partial charge in [0, 0.05) is 31.6 Å². The van der Waals surface area contributed by atoms with Crippen LogP contribution in [0.4, 0.5) is 5.82 Å². The van der Waals surface area contributed by atoms with E-state index in [1.165, 1.54) is 5.56 Å². The maximum Gasteiger partial charge on any atom is 0.260 e. The standard InChI is InChI=1S/C21H22N4O2/c1-16-6-8-17(9-7-16)27-14-20(26)24-10-12-25(13-11-24)21-18-4-2-3-5-19(18)22-15-23-21/h2-9,15H,10-14H2,1H3. The highest BCUT2D eigenvalue weighted by Gasteiger charge is 2.23. The van der Waals surface area contributed by atoms with Crippen molar-refractivity contribution in [1.29, 1.82) is 0 Å². The summed E-state index contributed by atoms with van der Waals surface area (Å²) < 4.78 is 5.62. The largest absolute Gasteiger partial charge is 0.484 e.